The van der Waals surface area contributed by atoms with Crippen molar-refractivity contribution in [1.82, 2.24) is 0 Å². The summed E-state index contributed by atoms with van der Waals surface area (Å²) < 4.78 is 4.72. The first-order valence-electron chi connectivity index (χ1n) is 5.13. The molecule has 0 unspecified atom stereocenters. The average molecular weight is 276 g/mol. The third kappa shape index (κ3) is 4.10. The molecule has 0 atom stereocenters. The number of ether oxygens (including phenoxy) is 1. The summed E-state index contributed by atoms with van der Waals surface area (Å²) in [6.07, 6.45) is 0. The summed E-state index contributed by atoms with van der Waals surface area (Å²) in [5.41, 5.74) is 0.170. The summed E-state index contributed by atoms with van der Waals surface area (Å²) in [6.45, 7) is 4.05. The zero-order valence-electron chi connectivity index (χ0n) is 10.0. The smallest absolute Gasteiger partial charge is 0.313 e. The van der Waals surface area contributed by atoms with E-state index in [9.17, 15) is 4.79 Å². The van der Waals surface area contributed by atoms with Crippen LogP contribution < -0.4 is 5.32 Å². The molecule has 1 rings (SSSR count). The number of carbonyl (C=O) groups is 1. The standard InChI is InChI=1S/C12H15Cl2NO2/c1-12(2,11(16)17-3)7-15-10-5-8(13)4-9(14)6-10/h4-6,15H,7H2,1-3H3. The summed E-state index contributed by atoms with van der Waals surface area (Å²) in [4.78, 5) is 11.5. The van der Waals surface area contributed by atoms with Gasteiger partial charge in [0.25, 0.3) is 0 Å². The fourth-order valence-electron chi connectivity index (χ4n) is 1.33. The van der Waals surface area contributed by atoms with Crippen LogP contribution in [0.2, 0.25) is 10.0 Å². The first kappa shape index (κ1) is 14.1. The SMILES string of the molecule is COC(=O)C(C)(C)CNc1cc(Cl)cc(Cl)c1. The number of benzene rings is 1. The van der Waals surface area contributed by atoms with Crippen LogP contribution in [0.3, 0.4) is 0 Å². The van der Waals surface area contributed by atoms with Crippen molar-refractivity contribution in [2.75, 3.05) is 19.0 Å². The molecule has 0 saturated carbocycles. The van der Waals surface area contributed by atoms with Crippen molar-refractivity contribution in [1.29, 1.82) is 0 Å². The van der Waals surface area contributed by atoms with Crippen LogP contribution in [-0.4, -0.2) is 19.6 Å². The first-order valence-corrected chi connectivity index (χ1v) is 5.89. The van der Waals surface area contributed by atoms with Gasteiger partial charge >= 0.3 is 5.97 Å². The number of methoxy groups -OCH3 is 1. The zero-order chi connectivity index (χ0) is 13.1. The van der Waals surface area contributed by atoms with Crippen LogP contribution in [0.4, 0.5) is 5.69 Å². The topological polar surface area (TPSA) is 38.3 Å². The Morgan fingerprint density at radius 1 is 1.29 bits per heavy atom. The summed E-state index contributed by atoms with van der Waals surface area (Å²) in [7, 11) is 1.38. The van der Waals surface area contributed by atoms with Crippen LogP contribution in [0.15, 0.2) is 18.2 Å². The van der Waals surface area contributed by atoms with Gasteiger partial charge in [0, 0.05) is 22.3 Å². The highest BCUT2D eigenvalue weighted by molar-refractivity contribution is 6.35. The van der Waals surface area contributed by atoms with Crippen LogP contribution >= 0.6 is 23.2 Å². The van der Waals surface area contributed by atoms with Crippen LogP contribution in [0.5, 0.6) is 0 Å². The van der Waals surface area contributed by atoms with E-state index in [2.05, 4.69) is 5.32 Å². The Morgan fingerprint density at radius 3 is 2.29 bits per heavy atom. The van der Waals surface area contributed by atoms with E-state index in [1.807, 2.05) is 0 Å². The Balaban J connectivity index is 2.70. The molecule has 0 aliphatic carbocycles. The van der Waals surface area contributed by atoms with Crippen LogP contribution in [0.25, 0.3) is 0 Å². The van der Waals surface area contributed by atoms with Crippen LogP contribution in [-0.2, 0) is 9.53 Å². The maximum atomic E-state index is 11.5. The minimum Gasteiger partial charge on any atom is -0.469 e. The van der Waals surface area contributed by atoms with Gasteiger partial charge in [0.2, 0.25) is 0 Å². The number of esters is 1. The predicted molar refractivity (Wildman–Crippen MR) is 70.7 cm³/mol. The fourth-order valence-corrected chi connectivity index (χ4v) is 1.85. The molecule has 0 amide bonds. The summed E-state index contributed by atoms with van der Waals surface area (Å²) in [6, 6.07) is 5.15. The molecule has 0 heterocycles. The Kier molecular flexibility index (Phi) is 4.66. The number of anilines is 1. The zero-order valence-corrected chi connectivity index (χ0v) is 11.5. The lowest BCUT2D eigenvalue weighted by Gasteiger charge is -2.22. The third-order valence-electron chi connectivity index (χ3n) is 2.33. The minimum atomic E-state index is -0.608. The van der Waals surface area contributed by atoms with Gasteiger partial charge in [0.05, 0.1) is 12.5 Å². The van der Waals surface area contributed by atoms with Gasteiger partial charge < -0.3 is 10.1 Å². The van der Waals surface area contributed by atoms with Crippen molar-refractivity contribution >= 4 is 34.9 Å². The number of hydrogen-bond donors (Lipinski definition) is 1. The second-order valence-electron chi connectivity index (χ2n) is 4.39. The van der Waals surface area contributed by atoms with Gasteiger partial charge in [-0.15, -0.1) is 0 Å². The van der Waals surface area contributed by atoms with Gasteiger partial charge in [0.15, 0.2) is 0 Å². The van der Waals surface area contributed by atoms with Crippen molar-refractivity contribution in [3.05, 3.63) is 28.2 Å². The Morgan fingerprint density at radius 2 is 1.82 bits per heavy atom. The molecule has 0 aromatic heterocycles. The molecular weight excluding hydrogens is 261 g/mol. The molecule has 0 fully saturated rings. The quantitative estimate of drug-likeness (QED) is 0.854. The molecule has 0 saturated heterocycles. The molecule has 0 aliphatic rings. The summed E-state index contributed by atoms with van der Waals surface area (Å²) >= 11 is 11.7. The molecule has 3 nitrogen and oxygen atoms in total. The number of rotatable bonds is 4. The molecule has 0 radical (unpaired) electrons. The van der Waals surface area contributed by atoms with Crippen molar-refractivity contribution < 1.29 is 9.53 Å². The van der Waals surface area contributed by atoms with Gasteiger partial charge in [-0.05, 0) is 32.0 Å². The molecule has 5 heteroatoms. The van der Waals surface area contributed by atoms with Crippen molar-refractivity contribution in [2.45, 2.75) is 13.8 Å². The monoisotopic (exact) mass is 275 g/mol. The fraction of sp³-hybridized carbons (Fsp3) is 0.417. The second-order valence-corrected chi connectivity index (χ2v) is 5.26. The van der Waals surface area contributed by atoms with Crippen molar-refractivity contribution in [3.63, 3.8) is 0 Å². The van der Waals surface area contributed by atoms with E-state index in [0.29, 0.717) is 16.6 Å². The van der Waals surface area contributed by atoms with E-state index in [1.54, 1.807) is 32.0 Å². The van der Waals surface area contributed by atoms with E-state index in [4.69, 9.17) is 27.9 Å². The highest BCUT2D eigenvalue weighted by Crippen LogP contribution is 2.24. The number of hydrogen-bond acceptors (Lipinski definition) is 3. The molecule has 0 spiro atoms. The molecule has 1 aromatic rings. The third-order valence-corrected chi connectivity index (χ3v) is 2.77. The Labute approximate surface area is 111 Å². The number of halogens is 2. The second kappa shape index (κ2) is 5.61. The maximum absolute atomic E-state index is 11.5. The lowest BCUT2D eigenvalue weighted by molar-refractivity contribution is -0.149. The Hall–Kier alpha value is -0.930. The molecule has 0 aliphatic heterocycles. The first-order chi connectivity index (χ1) is 7.85. The molecule has 1 aromatic carbocycles. The van der Waals surface area contributed by atoms with E-state index >= 15 is 0 Å². The Bertz CT molecular complexity index is 399. The maximum Gasteiger partial charge on any atom is 0.313 e. The van der Waals surface area contributed by atoms with Crippen LogP contribution in [0, 0.1) is 5.41 Å². The molecule has 1 N–H and O–H groups in total. The molecule has 94 valence electrons. The largest absolute Gasteiger partial charge is 0.469 e. The van der Waals surface area contributed by atoms with Crippen molar-refractivity contribution in [2.24, 2.45) is 5.41 Å². The van der Waals surface area contributed by atoms with E-state index < -0.39 is 5.41 Å². The molecule has 17 heavy (non-hydrogen) atoms. The molecular formula is C12H15Cl2NO2. The average Bonchev–Trinajstić information content (AvgIpc) is 2.24. The number of nitrogens with one attached hydrogen (secondary N) is 1. The minimum absolute atomic E-state index is 0.266. The van der Waals surface area contributed by atoms with Gasteiger partial charge in [0.1, 0.15) is 0 Å². The lowest BCUT2D eigenvalue weighted by Crippen LogP contribution is -2.33. The van der Waals surface area contributed by atoms with E-state index in [1.165, 1.54) is 7.11 Å². The van der Waals surface area contributed by atoms with E-state index in [0.717, 1.165) is 5.69 Å². The highest BCUT2D eigenvalue weighted by Gasteiger charge is 2.28. The van der Waals surface area contributed by atoms with Crippen LogP contribution in [0.1, 0.15) is 13.8 Å². The predicted octanol–water partition coefficient (Wildman–Crippen LogP) is 3.60. The molecule has 0 bridgehead atoms. The van der Waals surface area contributed by atoms with Gasteiger partial charge in [-0.1, -0.05) is 23.2 Å². The normalized spacial score (nSPS) is 11.1. The number of carbonyl (C=O) groups excluding carboxylic acids is 1. The summed E-state index contributed by atoms with van der Waals surface area (Å²) in [5.74, 6) is -0.266. The highest BCUT2D eigenvalue weighted by atomic mass is 35.5. The van der Waals surface area contributed by atoms with Gasteiger partial charge in [-0.2, -0.15) is 0 Å². The van der Waals surface area contributed by atoms with E-state index in [-0.39, 0.29) is 5.97 Å². The summed E-state index contributed by atoms with van der Waals surface area (Å²) in [5, 5.41) is 4.22. The lowest BCUT2D eigenvalue weighted by atomic mass is 9.93. The van der Waals surface area contributed by atoms with Crippen molar-refractivity contribution in [3.8, 4) is 0 Å². The van der Waals surface area contributed by atoms with Gasteiger partial charge in [-0.3, -0.25) is 4.79 Å². The van der Waals surface area contributed by atoms with Gasteiger partial charge in [-0.25, -0.2) is 0 Å².